The third-order valence-corrected chi connectivity index (χ3v) is 3.18. The van der Waals surface area contributed by atoms with Crippen LogP contribution in [-0.4, -0.2) is 11.7 Å². The minimum absolute atomic E-state index is 0.0640. The van der Waals surface area contributed by atoms with Gasteiger partial charge in [0.1, 0.15) is 5.82 Å². The Morgan fingerprint density at radius 1 is 1.26 bits per heavy atom. The summed E-state index contributed by atoms with van der Waals surface area (Å²) in [5, 5.41) is 10.0. The van der Waals surface area contributed by atoms with Crippen molar-refractivity contribution in [1.82, 2.24) is 0 Å². The summed E-state index contributed by atoms with van der Waals surface area (Å²) in [5.74, 6) is -1.44. The Kier molecular flexibility index (Phi) is 4.92. The predicted octanol–water partition coefficient (Wildman–Crippen LogP) is 3.11. The molecule has 0 aliphatic heterocycles. The zero-order valence-corrected chi connectivity index (χ0v) is 10.7. The molecule has 1 aromatic carbocycles. The zero-order valence-electron chi connectivity index (χ0n) is 10.7. The summed E-state index contributed by atoms with van der Waals surface area (Å²) in [4.78, 5) is 0. The van der Waals surface area contributed by atoms with Gasteiger partial charge in [0.05, 0.1) is 11.7 Å². The standard InChI is InChI=1S/C13H17F4NO/c1-7(2)10(6-18)12(19)9-5-8(13(15,16)17)3-4-11(9)14/h3-5,7,10,12,19H,6,18H2,1-2H3. The van der Waals surface area contributed by atoms with Gasteiger partial charge in [-0.15, -0.1) is 0 Å². The van der Waals surface area contributed by atoms with Crippen LogP contribution in [0.25, 0.3) is 0 Å². The molecule has 19 heavy (non-hydrogen) atoms. The zero-order chi connectivity index (χ0) is 14.8. The molecule has 0 amide bonds. The smallest absolute Gasteiger partial charge is 0.388 e. The van der Waals surface area contributed by atoms with E-state index in [1.807, 2.05) is 0 Å². The maximum atomic E-state index is 13.6. The lowest BCUT2D eigenvalue weighted by Crippen LogP contribution is -2.27. The second-order valence-electron chi connectivity index (χ2n) is 4.82. The van der Waals surface area contributed by atoms with Gasteiger partial charge in [-0.1, -0.05) is 13.8 Å². The summed E-state index contributed by atoms with van der Waals surface area (Å²) >= 11 is 0. The van der Waals surface area contributed by atoms with Crippen LogP contribution < -0.4 is 5.73 Å². The Morgan fingerprint density at radius 3 is 2.26 bits per heavy atom. The summed E-state index contributed by atoms with van der Waals surface area (Å²) in [6, 6.07) is 2.01. The fraction of sp³-hybridized carbons (Fsp3) is 0.538. The Morgan fingerprint density at radius 2 is 1.84 bits per heavy atom. The van der Waals surface area contributed by atoms with Gasteiger partial charge >= 0.3 is 6.18 Å². The van der Waals surface area contributed by atoms with Crippen LogP contribution in [0.4, 0.5) is 17.6 Å². The molecule has 2 atom stereocenters. The molecule has 0 saturated carbocycles. The second kappa shape index (κ2) is 5.88. The van der Waals surface area contributed by atoms with E-state index in [-0.39, 0.29) is 18.0 Å². The number of alkyl halides is 3. The lowest BCUT2D eigenvalue weighted by molar-refractivity contribution is -0.137. The molecule has 3 N–H and O–H groups in total. The Balaban J connectivity index is 3.18. The van der Waals surface area contributed by atoms with Crippen LogP contribution in [0.1, 0.15) is 31.1 Å². The first-order valence-electron chi connectivity index (χ1n) is 5.93. The number of rotatable bonds is 4. The minimum atomic E-state index is -4.57. The van der Waals surface area contributed by atoms with Crippen molar-refractivity contribution in [1.29, 1.82) is 0 Å². The quantitative estimate of drug-likeness (QED) is 0.832. The van der Waals surface area contributed by atoms with Gasteiger partial charge in [-0.2, -0.15) is 13.2 Å². The highest BCUT2D eigenvalue weighted by Crippen LogP contribution is 2.34. The summed E-state index contributed by atoms with van der Waals surface area (Å²) in [6.45, 7) is 3.60. The molecule has 0 heterocycles. The van der Waals surface area contributed by atoms with Crippen molar-refractivity contribution in [2.24, 2.45) is 17.6 Å². The summed E-state index contributed by atoms with van der Waals surface area (Å²) in [7, 11) is 0. The Labute approximate surface area is 109 Å². The SMILES string of the molecule is CC(C)C(CN)C(O)c1cc(C(F)(F)F)ccc1F. The monoisotopic (exact) mass is 279 g/mol. The highest BCUT2D eigenvalue weighted by molar-refractivity contribution is 5.29. The van der Waals surface area contributed by atoms with Crippen LogP contribution in [0, 0.1) is 17.7 Å². The number of hydrogen-bond donors (Lipinski definition) is 2. The van der Waals surface area contributed by atoms with E-state index in [2.05, 4.69) is 0 Å². The molecule has 2 nitrogen and oxygen atoms in total. The lowest BCUT2D eigenvalue weighted by Gasteiger charge is -2.26. The molecule has 0 bridgehead atoms. The van der Waals surface area contributed by atoms with Crippen LogP contribution in [0.15, 0.2) is 18.2 Å². The topological polar surface area (TPSA) is 46.2 Å². The number of aliphatic hydroxyl groups excluding tert-OH is 1. The van der Waals surface area contributed by atoms with Gasteiger partial charge in [0.2, 0.25) is 0 Å². The van der Waals surface area contributed by atoms with E-state index in [9.17, 15) is 22.7 Å². The molecule has 0 saturated heterocycles. The molecule has 2 unspecified atom stereocenters. The second-order valence-corrected chi connectivity index (χ2v) is 4.82. The van der Waals surface area contributed by atoms with Crippen LogP contribution in [0.5, 0.6) is 0 Å². The summed E-state index contributed by atoms with van der Waals surface area (Å²) in [5.41, 5.74) is 4.14. The van der Waals surface area contributed by atoms with Gasteiger partial charge in [0, 0.05) is 11.5 Å². The van der Waals surface area contributed by atoms with E-state index in [1.54, 1.807) is 13.8 Å². The average Bonchev–Trinajstić information content (AvgIpc) is 2.28. The largest absolute Gasteiger partial charge is 0.416 e. The van der Waals surface area contributed by atoms with Crippen LogP contribution in [0.3, 0.4) is 0 Å². The number of benzene rings is 1. The molecule has 108 valence electrons. The molecule has 0 fully saturated rings. The molecule has 6 heteroatoms. The van der Waals surface area contributed by atoms with E-state index < -0.39 is 29.6 Å². The van der Waals surface area contributed by atoms with E-state index in [0.29, 0.717) is 12.1 Å². The first-order valence-corrected chi connectivity index (χ1v) is 5.93. The van der Waals surface area contributed by atoms with Crippen molar-refractivity contribution in [2.75, 3.05) is 6.54 Å². The minimum Gasteiger partial charge on any atom is -0.388 e. The van der Waals surface area contributed by atoms with Crippen LogP contribution >= 0.6 is 0 Å². The van der Waals surface area contributed by atoms with E-state index in [4.69, 9.17) is 5.73 Å². The predicted molar refractivity (Wildman–Crippen MR) is 63.7 cm³/mol. The molecule has 0 aliphatic carbocycles. The molecule has 0 spiro atoms. The molecular weight excluding hydrogens is 262 g/mol. The normalized spacial score (nSPS) is 15.6. The van der Waals surface area contributed by atoms with Crippen LogP contribution in [0.2, 0.25) is 0 Å². The third kappa shape index (κ3) is 3.67. The molecule has 1 rings (SSSR count). The van der Waals surface area contributed by atoms with E-state index >= 15 is 0 Å². The fourth-order valence-corrected chi connectivity index (χ4v) is 1.94. The van der Waals surface area contributed by atoms with Crippen molar-refractivity contribution in [2.45, 2.75) is 26.1 Å². The van der Waals surface area contributed by atoms with E-state index in [1.165, 1.54) is 0 Å². The number of halogens is 4. The summed E-state index contributed by atoms with van der Waals surface area (Å²) < 4.78 is 51.3. The molecule has 0 aliphatic rings. The first-order chi connectivity index (χ1) is 8.68. The van der Waals surface area contributed by atoms with Gasteiger partial charge in [0.15, 0.2) is 0 Å². The first kappa shape index (κ1) is 15.9. The van der Waals surface area contributed by atoms with Crippen LogP contribution in [-0.2, 0) is 6.18 Å². The van der Waals surface area contributed by atoms with Gasteiger partial charge < -0.3 is 10.8 Å². The number of nitrogens with two attached hydrogens (primary N) is 1. The Bertz CT molecular complexity index is 431. The molecule has 0 radical (unpaired) electrons. The fourth-order valence-electron chi connectivity index (χ4n) is 1.94. The maximum absolute atomic E-state index is 13.6. The average molecular weight is 279 g/mol. The van der Waals surface area contributed by atoms with Crippen molar-refractivity contribution in [3.05, 3.63) is 35.1 Å². The van der Waals surface area contributed by atoms with E-state index in [0.717, 1.165) is 6.07 Å². The molecular formula is C13H17F4NO. The number of aliphatic hydroxyl groups is 1. The molecule has 0 aromatic heterocycles. The maximum Gasteiger partial charge on any atom is 0.416 e. The highest BCUT2D eigenvalue weighted by atomic mass is 19.4. The molecule has 1 aromatic rings. The van der Waals surface area contributed by atoms with Crippen molar-refractivity contribution in [3.8, 4) is 0 Å². The van der Waals surface area contributed by atoms with Gasteiger partial charge in [-0.3, -0.25) is 0 Å². The summed E-state index contributed by atoms with van der Waals surface area (Å²) in [6.07, 6.45) is -5.93. The van der Waals surface area contributed by atoms with Gasteiger partial charge in [-0.25, -0.2) is 4.39 Å². The van der Waals surface area contributed by atoms with Crippen molar-refractivity contribution >= 4 is 0 Å². The highest BCUT2D eigenvalue weighted by Gasteiger charge is 2.33. The Hall–Kier alpha value is -1.14. The lowest BCUT2D eigenvalue weighted by atomic mass is 9.86. The van der Waals surface area contributed by atoms with Crippen molar-refractivity contribution < 1.29 is 22.7 Å². The van der Waals surface area contributed by atoms with Gasteiger partial charge in [-0.05, 0) is 30.7 Å². The van der Waals surface area contributed by atoms with Crippen molar-refractivity contribution in [3.63, 3.8) is 0 Å². The number of hydrogen-bond acceptors (Lipinski definition) is 2. The van der Waals surface area contributed by atoms with Gasteiger partial charge in [0.25, 0.3) is 0 Å². The third-order valence-electron chi connectivity index (χ3n) is 3.18.